The summed E-state index contributed by atoms with van der Waals surface area (Å²) in [6, 6.07) is 0. The largest absolute Gasteiger partial charge is 0.477 e. The predicted octanol–water partition coefficient (Wildman–Crippen LogP) is 0.993. The Hall–Kier alpha value is -1.32. The van der Waals surface area contributed by atoms with Crippen molar-refractivity contribution in [3.8, 4) is 0 Å². The van der Waals surface area contributed by atoms with Crippen molar-refractivity contribution in [3.05, 3.63) is 11.8 Å². The highest BCUT2D eigenvalue weighted by molar-refractivity contribution is 5.94. The Morgan fingerprint density at radius 3 is 2.07 bits per heavy atom. The van der Waals surface area contributed by atoms with E-state index in [0.29, 0.717) is 11.8 Å². The minimum absolute atomic E-state index is 0.0238. The van der Waals surface area contributed by atoms with E-state index in [9.17, 15) is 9.59 Å². The van der Waals surface area contributed by atoms with Gasteiger partial charge in [-0.15, -0.1) is 0 Å². The van der Waals surface area contributed by atoms with E-state index in [4.69, 9.17) is 5.11 Å². The van der Waals surface area contributed by atoms with Crippen LogP contribution in [0.2, 0.25) is 0 Å². The van der Waals surface area contributed by atoms with E-state index >= 15 is 0 Å². The molecule has 4 heteroatoms. The first-order valence-electron chi connectivity index (χ1n) is 4.69. The Bertz CT molecular complexity index is 288. The van der Waals surface area contributed by atoms with E-state index in [1.807, 2.05) is 13.8 Å². The summed E-state index contributed by atoms with van der Waals surface area (Å²) in [5.41, 5.74) is -0.0405. The fraction of sp³-hybridized carbons (Fsp3) is 0.600. The van der Waals surface area contributed by atoms with Gasteiger partial charge in [0.25, 0.3) is 0 Å². The van der Waals surface area contributed by atoms with E-state index in [-0.39, 0.29) is 17.5 Å². The van der Waals surface area contributed by atoms with Crippen molar-refractivity contribution in [2.75, 3.05) is 0 Å². The number of hydrogen-bond acceptors (Lipinski definition) is 2. The van der Waals surface area contributed by atoms with Crippen LogP contribution in [0.3, 0.4) is 0 Å². The fourth-order valence-electron chi connectivity index (χ4n) is 1.61. The molecule has 0 radical (unpaired) electrons. The zero-order valence-electron chi connectivity index (χ0n) is 8.57. The Labute approximate surface area is 83.0 Å². The Balaban J connectivity index is 2.53. The lowest BCUT2D eigenvalue weighted by atomic mass is 10.3. The molecule has 1 saturated carbocycles. The second-order valence-electron chi connectivity index (χ2n) is 3.74. The molecule has 0 spiro atoms. The summed E-state index contributed by atoms with van der Waals surface area (Å²) >= 11 is 0. The smallest absolute Gasteiger partial charge is 0.352 e. The number of aliphatic carboxylic acids is 1. The second kappa shape index (κ2) is 3.82. The minimum Gasteiger partial charge on any atom is -0.477 e. The van der Waals surface area contributed by atoms with Crippen molar-refractivity contribution < 1.29 is 14.7 Å². The molecule has 0 aromatic carbocycles. The molecule has 0 aliphatic heterocycles. The van der Waals surface area contributed by atoms with Gasteiger partial charge in [0.05, 0.1) is 0 Å². The maximum Gasteiger partial charge on any atom is 0.352 e. The minimum atomic E-state index is -1.10. The molecule has 0 aromatic rings. The number of carboxylic acids is 1. The zero-order chi connectivity index (χ0) is 10.9. The van der Waals surface area contributed by atoms with Gasteiger partial charge in [0.1, 0.15) is 5.70 Å². The first-order chi connectivity index (χ1) is 6.49. The lowest BCUT2D eigenvalue weighted by Gasteiger charge is -2.03. The number of hydrogen-bond donors (Lipinski definition) is 2. The number of amides is 1. The number of rotatable bonds is 3. The Morgan fingerprint density at radius 2 is 1.79 bits per heavy atom. The first-order valence-corrected chi connectivity index (χ1v) is 4.69. The average Bonchev–Trinajstić information content (AvgIpc) is 2.70. The molecular formula is C10H15NO3. The van der Waals surface area contributed by atoms with E-state index in [1.54, 1.807) is 6.92 Å². The monoisotopic (exact) mass is 197 g/mol. The van der Waals surface area contributed by atoms with Crippen LogP contribution >= 0.6 is 0 Å². The van der Waals surface area contributed by atoms with E-state index in [1.165, 1.54) is 6.08 Å². The molecule has 0 bridgehead atoms. The van der Waals surface area contributed by atoms with Crippen LogP contribution in [0.25, 0.3) is 0 Å². The van der Waals surface area contributed by atoms with Crippen molar-refractivity contribution in [1.29, 1.82) is 0 Å². The van der Waals surface area contributed by atoms with Crippen molar-refractivity contribution in [1.82, 2.24) is 5.32 Å². The summed E-state index contributed by atoms with van der Waals surface area (Å²) < 4.78 is 0. The fourth-order valence-corrected chi connectivity index (χ4v) is 1.61. The van der Waals surface area contributed by atoms with Crippen LogP contribution < -0.4 is 5.32 Å². The molecule has 0 aromatic heterocycles. The van der Waals surface area contributed by atoms with Crippen LogP contribution in [-0.2, 0) is 9.59 Å². The summed E-state index contributed by atoms with van der Waals surface area (Å²) in [5.74, 6) is -0.574. The molecule has 1 aliphatic carbocycles. The topological polar surface area (TPSA) is 66.4 Å². The van der Waals surface area contributed by atoms with Crippen molar-refractivity contribution in [2.24, 2.45) is 17.8 Å². The quantitative estimate of drug-likeness (QED) is 0.663. The van der Waals surface area contributed by atoms with Crippen LogP contribution in [0.1, 0.15) is 20.8 Å². The van der Waals surface area contributed by atoms with Crippen LogP contribution in [0.15, 0.2) is 11.8 Å². The molecule has 0 heterocycles. The zero-order valence-corrected chi connectivity index (χ0v) is 8.57. The molecule has 1 aliphatic rings. The predicted molar refractivity (Wildman–Crippen MR) is 51.4 cm³/mol. The molecule has 1 fully saturated rings. The highest BCUT2D eigenvalue weighted by Gasteiger charge is 2.48. The van der Waals surface area contributed by atoms with Crippen molar-refractivity contribution >= 4 is 11.9 Å². The molecule has 2 N–H and O–H groups in total. The number of carboxylic acid groups (broad SMARTS) is 1. The van der Waals surface area contributed by atoms with Gasteiger partial charge >= 0.3 is 5.97 Å². The first kappa shape index (κ1) is 10.8. The second-order valence-corrected chi connectivity index (χ2v) is 3.74. The molecule has 2 unspecified atom stereocenters. The average molecular weight is 197 g/mol. The van der Waals surface area contributed by atoms with Gasteiger partial charge in [-0.2, -0.15) is 0 Å². The van der Waals surface area contributed by atoms with Gasteiger partial charge in [-0.25, -0.2) is 4.79 Å². The van der Waals surface area contributed by atoms with Gasteiger partial charge in [0.15, 0.2) is 0 Å². The third-order valence-corrected chi connectivity index (χ3v) is 2.90. The summed E-state index contributed by atoms with van der Waals surface area (Å²) in [5, 5.41) is 11.1. The van der Waals surface area contributed by atoms with Crippen molar-refractivity contribution in [3.63, 3.8) is 0 Å². The lowest BCUT2D eigenvalue weighted by Crippen LogP contribution is -2.29. The molecule has 78 valence electrons. The molecular weight excluding hydrogens is 182 g/mol. The summed E-state index contributed by atoms with van der Waals surface area (Å²) in [6.45, 7) is 5.57. The van der Waals surface area contributed by atoms with Crippen LogP contribution in [0.4, 0.5) is 0 Å². The lowest BCUT2D eigenvalue weighted by molar-refractivity contribution is -0.135. The van der Waals surface area contributed by atoms with Crippen molar-refractivity contribution in [2.45, 2.75) is 20.8 Å². The van der Waals surface area contributed by atoms with E-state index in [0.717, 1.165) is 0 Å². The van der Waals surface area contributed by atoms with Gasteiger partial charge in [0.2, 0.25) is 5.91 Å². The molecule has 1 amide bonds. The maximum absolute atomic E-state index is 11.5. The molecule has 4 nitrogen and oxygen atoms in total. The SMILES string of the molecule is C/C=C(\NC(=O)C1C(C)C1C)C(=O)O. The summed E-state index contributed by atoms with van der Waals surface area (Å²) in [4.78, 5) is 22.1. The molecule has 14 heavy (non-hydrogen) atoms. The molecule has 0 saturated heterocycles. The van der Waals surface area contributed by atoms with Gasteiger partial charge in [-0.3, -0.25) is 4.79 Å². The number of carbonyl (C=O) groups is 2. The Morgan fingerprint density at radius 1 is 1.29 bits per heavy atom. The maximum atomic E-state index is 11.5. The summed E-state index contributed by atoms with van der Waals surface area (Å²) in [6.07, 6.45) is 1.39. The Kier molecular flexibility index (Phi) is 2.93. The third-order valence-electron chi connectivity index (χ3n) is 2.90. The van der Waals surface area contributed by atoms with Crippen LogP contribution in [0.5, 0.6) is 0 Å². The number of nitrogens with one attached hydrogen (secondary N) is 1. The van der Waals surface area contributed by atoms with Gasteiger partial charge in [0, 0.05) is 5.92 Å². The highest BCUT2D eigenvalue weighted by atomic mass is 16.4. The van der Waals surface area contributed by atoms with Gasteiger partial charge < -0.3 is 10.4 Å². The third kappa shape index (κ3) is 1.95. The molecule has 2 atom stereocenters. The van der Waals surface area contributed by atoms with Crippen LogP contribution in [0, 0.1) is 17.8 Å². The number of carbonyl (C=O) groups excluding carboxylic acids is 1. The van der Waals surface area contributed by atoms with Gasteiger partial charge in [-0.05, 0) is 18.8 Å². The van der Waals surface area contributed by atoms with E-state index < -0.39 is 5.97 Å². The standard InChI is InChI=1S/C10H15NO3/c1-4-7(10(13)14)11-9(12)8-5(2)6(8)3/h4-6,8H,1-3H3,(H,11,12)(H,13,14)/b7-4-. The number of allylic oxidation sites excluding steroid dienone is 1. The van der Waals surface area contributed by atoms with Gasteiger partial charge in [-0.1, -0.05) is 19.9 Å². The normalized spacial score (nSPS) is 31.1. The van der Waals surface area contributed by atoms with E-state index in [2.05, 4.69) is 5.32 Å². The van der Waals surface area contributed by atoms with Crippen LogP contribution in [-0.4, -0.2) is 17.0 Å². The highest BCUT2D eigenvalue weighted by Crippen LogP contribution is 2.45. The summed E-state index contributed by atoms with van der Waals surface area (Å²) in [7, 11) is 0. The molecule has 1 rings (SSSR count).